The maximum atomic E-state index is 12.4. The van der Waals surface area contributed by atoms with Crippen LogP contribution >= 0.6 is 11.6 Å². The van der Waals surface area contributed by atoms with Crippen LogP contribution in [0.2, 0.25) is 5.02 Å². The quantitative estimate of drug-likeness (QED) is 0.845. The van der Waals surface area contributed by atoms with Crippen LogP contribution in [0.25, 0.3) is 0 Å². The molecule has 0 aromatic heterocycles. The fourth-order valence-corrected chi connectivity index (χ4v) is 2.64. The number of piperidine rings is 1. The van der Waals surface area contributed by atoms with Crippen molar-refractivity contribution < 1.29 is 4.79 Å². The van der Waals surface area contributed by atoms with Gasteiger partial charge < -0.3 is 15.5 Å². The lowest BCUT2D eigenvalue weighted by atomic mass is 10.0. The molecule has 1 aliphatic heterocycles. The number of likely N-dealkylation sites (tertiary alicyclic amines) is 1. The molecule has 2 rings (SSSR count). The molecule has 1 amide bonds. The molecule has 1 heterocycles. The van der Waals surface area contributed by atoms with Crippen LogP contribution < -0.4 is 5.73 Å². The first kappa shape index (κ1) is 14.2. The van der Waals surface area contributed by atoms with Gasteiger partial charge >= 0.3 is 0 Å². The summed E-state index contributed by atoms with van der Waals surface area (Å²) in [6.07, 6.45) is 2.00. The van der Waals surface area contributed by atoms with Crippen LogP contribution in [0.4, 0.5) is 5.69 Å². The van der Waals surface area contributed by atoms with Gasteiger partial charge in [-0.1, -0.05) is 11.6 Å². The Morgan fingerprint density at radius 2 is 2.00 bits per heavy atom. The highest BCUT2D eigenvalue weighted by atomic mass is 35.5. The largest absolute Gasteiger partial charge is 0.398 e. The molecular weight excluding hydrogens is 262 g/mol. The summed E-state index contributed by atoms with van der Waals surface area (Å²) in [6.45, 7) is 1.54. The molecular formula is C14H20ClN3O. The minimum absolute atomic E-state index is 0.0165. The molecule has 0 saturated carbocycles. The number of hydrogen-bond acceptors (Lipinski definition) is 3. The lowest BCUT2D eigenvalue weighted by Gasteiger charge is -2.35. The van der Waals surface area contributed by atoms with E-state index in [1.54, 1.807) is 18.2 Å². The number of nitrogens with two attached hydrogens (primary N) is 1. The molecule has 1 aromatic carbocycles. The van der Waals surface area contributed by atoms with E-state index in [-0.39, 0.29) is 5.91 Å². The smallest absolute Gasteiger partial charge is 0.255 e. The van der Waals surface area contributed by atoms with E-state index in [1.807, 2.05) is 4.90 Å². The van der Waals surface area contributed by atoms with Gasteiger partial charge in [0.15, 0.2) is 0 Å². The monoisotopic (exact) mass is 281 g/mol. The van der Waals surface area contributed by atoms with Gasteiger partial charge in [-0.15, -0.1) is 0 Å². The maximum absolute atomic E-state index is 12.4. The number of rotatable bonds is 2. The van der Waals surface area contributed by atoms with Gasteiger partial charge in [0.2, 0.25) is 0 Å². The maximum Gasteiger partial charge on any atom is 0.255 e. The normalized spacial score (nSPS) is 16.9. The molecule has 2 N–H and O–H groups in total. The zero-order valence-corrected chi connectivity index (χ0v) is 12.2. The number of nitrogen functional groups attached to an aromatic ring is 1. The molecule has 1 fully saturated rings. The number of carbonyl (C=O) groups is 1. The Morgan fingerprint density at radius 1 is 1.37 bits per heavy atom. The van der Waals surface area contributed by atoms with Crippen molar-refractivity contribution in [3.63, 3.8) is 0 Å². The van der Waals surface area contributed by atoms with E-state index >= 15 is 0 Å². The lowest BCUT2D eigenvalue weighted by Crippen LogP contribution is -2.44. The fraction of sp³-hybridized carbons (Fsp3) is 0.500. The van der Waals surface area contributed by atoms with E-state index < -0.39 is 0 Å². The highest BCUT2D eigenvalue weighted by Crippen LogP contribution is 2.22. The third-order valence-electron chi connectivity index (χ3n) is 3.73. The van der Waals surface area contributed by atoms with Crippen molar-refractivity contribution in [2.45, 2.75) is 18.9 Å². The summed E-state index contributed by atoms with van der Waals surface area (Å²) >= 11 is 5.93. The van der Waals surface area contributed by atoms with Crippen LogP contribution in [0.3, 0.4) is 0 Å². The van der Waals surface area contributed by atoms with Crippen LogP contribution in [0.15, 0.2) is 18.2 Å². The molecule has 19 heavy (non-hydrogen) atoms. The van der Waals surface area contributed by atoms with Crippen molar-refractivity contribution in [3.8, 4) is 0 Å². The number of hydrogen-bond donors (Lipinski definition) is 1. The van der Waals surface area contributed by atoms with Crippen LogP contribution in [0, 0.1) is 0 Å². The van der Waals surface area contributed by atoms with E-state index in [0.29, 0.717) is 22.3 Å². The standard InChI is InChI=1S/C14H20ClN3O/c1-17(2)11-5-7-18(8-6-11)14(19)12-9-10(15)3-4-13(12)16/h3-4,9,11H,5-8,16H2,1-2H3. The number of nitrogens with zero attached hydrogens (tertiary/aromatic N) is 2. The second-order valence-corrected chi connectivity index (χ2v) is 5.65. The Kier molecular flexibility index (Phi) is 4.32. The summed E-state index contributed by atoms with van der Waals surface area (Å²) in [5, 5.41) is 0.542. The number of halogens is 1. The van der Waals surface area contributed by atoms with Crippen molar-refractivity contribution in [1.82, 2.24) is 9.80 Å². The third-order valence-corrected chi connectivity index (χ3v) is 3.96. The van der Waals surface area contributed by atoms with E-state index in [2.05, 4.69) is 19.0 Å². The third kappa shape index (κ3) is 3.19. The summed E-state index contributed by atoms with van der Waals surface area (Å²) in [4.78, 5) is 16.5. The number of anilines is 1. The van der Waals surface area contributed by atoms with E-state index in [0.717, 1.165) is 25.9 Å². The summed E-state index contributed by atoms with van der Waals surface area (Å²) in [6, 6.07) is 5.59. The van der Waals surface area contributed by atoms with Crippen molar-refractivity contribution >= 4 is 23.2 Å². The first-order chi connectivity index (χ1) is 8.99. The minimum Gasteiger partial charge on any atom is -0.398 e. The van der Waals surface area contributed by atoms with E-state index in [4.69, 9.17) is 17.3 Å². The molecule has 0 aliphatic carbocycles. The molecule has 1 aliphatic rings. The molecule has 0 spiro atoms. The molecule has 4 nitrogen and oxygen atoms in total. The van der Waals surface area contributed by atoms with Gasteiger partial charge in [0, 0.05) is 29.8 Å². The van der Waals surface area contributed by atoms with Crippen molar-refractivity contribution in [3.05, 3.63) is 28.8 Å². The Labute approximate surface area is 119 Å². The second-order valence-electron chi connectivity index (χ2n) is 5.22. The van der Waals surface area contributed by atoms with Gasteiger partial charge in [0.05, 0.1) is 5.56 Å². The van der Waals surface area contributed by atoms with Crippen molar-refractivity contribution in [2.75, 3.05) is 32.9 Å². The molecule has 0 atom stereocenters. The van der Waals surface area contributed by atoms with E-state index in [9.17, 15) is 4.79 Å². The summed E-state index contributed by atoms with van der Waals surface area (Å²) < 4.78 is 0. The Bertz CT molecular complexity index is 468. The molecule has 1 aromatic rings. The van der Waals surface area contributed by atoms with E-state index in [1.165, 1.54) is 0 Å². The highest BCUT2D eigenvalue weighted by Gasteiger charge is 2.25. The summed E-state index contributed by atoms with van der Waals surface area (Å²) in [5.74, 6) is -0.0165. The summed E-state index contributed by atoms with van der Waals surface area (Å²) in [7, 11) is 4.16. The van der Waals surface area contributed by atoms with Gasteiger partial charge in [-0.05, 0) is 45.1 Å². The summed E-state index contributed by atoms with van der Waals surface area (Å²) in [5.41, 5.74) is 6.86. The zero-order valence-electron chi connectivity index (χ0n) is 11.4. The predicted molar refractivity (Wildman–Crippen MR) is 78.5 cm³/mol. The molecule has 0 bridgehead atoms. The van der Waals surface area contributed by atoms with Gasteiger partial charge in [-0.2, -0.15) is 0 Å². The number of carbonyl (C=O) groups excluding carboxylic acids is 1. The second kappa shape index (κ2) is 5.80. The Balaban J connectivity index is 2.07. The Hall–Kier alpha value is -1.26. The fourth-order valence-electron chi connectivity index (χ4n) is 2.47. The first-order valence-electron chi connectivity index (χ1n) is 6.50. The average Bonchev–Trinajstić information content (AvgIpc) is 2.41. The molecule has 104 valence electrons. The highest BCUT2D eigenvalue weighted by molar-refractivity contribution is 6.31. The van der Waals surface area contributed by atoms with Crippen LogP contribution in [0.1, 0.15) is 23.2 Å². The molecule has 5 heteroatoms. The first-order valence-corrected chi connectivity index (χ1v) is 6.87. The number of amides is 1. The lowest BCUT2D eigenvalue weighted by molar-refractivity contribution is 0.0664. The van der Waals surface area contributed by atoms with Gasteiger partial charge in [-0.25, -0.2) is 0 Å². The molecule has 0 unspecified atom stereocenters. The van der Waals surface area contributed by atoms with Gasteiger partial charge in [0.1, 0.15) is 0 Å². The minimum atomic E-state index is -0.0165. The SMILES string of the molecule is CN(C)C1CCN(C(=O)c2cc(Cl)ccc2N)CC1. The van der Waals surface area contributed by atoms with Crippen LogP contribution in [-0.4, -0.2) is 48.9 Å². The van der Waals surface area contributed by atoms with Crippen LogP contribution in [-0.2, 0) is 0 Å². The van der Waals surface area contributed by atoms with Crippen LogP contribution in [0.5, 0.6) is 0 Å². The van der Waals surface area contributed by atoms with Crippen molar-refractivity contribution in [2.24, 2.45) is 0 Å². The topological polar surface area (TPSA) is 49.6 Å². The van der Waals surface area contributed by atoms with Gasteiger partial charge in [-0.3, -0.25) is 4.79 Å². The molecule has 0 radical (unpaired) electrons. The molecule has 1 saturated heterocycles. The predicted octanol–water partition coefficient (Wildman–Crippen LogP) is 2.09. The van der Waals surface area contributed by atoms with Crippen molar-refractivity contribution in [1.29, 1.82) is 0 Å². The average molecular weight is 282 g/mol. The number of benzene rings is 1. The van der Waals surface area contributed by atoms with Gasteiger partial charge in [0.25, 0.3) is 5.91 Å². The Morgan fingerprint density at radius 3 is 2.58 bits per heavy atom. The zero-order chi connectivity index (χ0) is 14.0.